The second-order valence-electron chi connectivity index (χ2n) is 4.08. The lowest BCUT2D eigenvalue weighted by atomic mass is 9.97. The Hall–Kier alpha value is -1.47. The second kappa shape index (κ2) is 5.24. The van der Waals surface area contributed by atoms with Gasteiger partial charge in [0.1, 0.15) is 0 Å². The van der Waals surface area contributed by atoms with E-state index in [1.807, 2.05) is 18.5 Å². The molecule has 1 aromatic carbocycles. The summed E-state index contributed by atoms with van der Waals surface area (Å²) in [5, 5.41) is 9.54. The third-order valence-electron chi connectivity index (χ3n) is 3.06. The number of aliphatic imine (C=N–C) groups is 1. The van der Waals surface area contributed by atoms with Crippen LogP contribution in [0.1, 0.15) is 18.9 Å². The molecule has 1 atom stereocenters. The molecule has 0 saturated carbocycles. The fourth-order valence-corrected chi connectivity index (χ4v) is 2.83. The van der Waals surface area contributed by atoms with Crippen molar-refractivity contribution >= 4 is 22.6 Å². The van der Waals surface area contributed by atoms with Crippen LogP contribution in [-0.2, 0) is 6.42 Å². The van der Waals surface area contributed by atoms with E-state index in [1.165, 1.54) is 23.0 Å². The first-order valence-electron chi connectivity index (χ1n) is 5.66. The van der Waals surface area contributed by atoms with E-state index in [0.29, 0.717) is 6.04 Å². The second-order valence-corrected chi connectivity index (χ2v) is 4.86. The fraction of sp³-hybridized carbons (Fsp3) is 0.385. The van der Waals surface area contributed by atoms with Crippen LogP contribution in [0.5, 0.6) is 0 Å². The molecule has 0 N–H and O–H groups in total. The molecule has 0 aliphatic carbocycles. The Morgan fingerprint density at radius 3 is 3.00 bits per heavy atom. The zero-order valence-electron chi connectivity index (χ0n) is 10.1. The number of rotatable bonds is 0. The molecule has 4 heteroatoms. The normalized spacial score (nSPS) is 19.7. The van der Waals surface area contributed by atoms with Gasteiger partial charge in [0.2, 0.25) is 6.19 Å². The molecule has 0 amide bonds. The summed E-state index contributed by atoms with van der Waals surface area (Å²) in [6.45, 7) is 2.18. The third kappa shape index (κ3) is 2.29. The summed E-state index contributed by atoms with van der Waals surface area (Å²) in [7, 11) is 0. The number of para-hydroxylation sites is 1. The van der Waals surface area contributed by atoms with Crippen molar-refractivity contribution in [3.8, 4) is 6.19 Å². The molecule has 2 rings (SSSR count). The molecule has 0 spiro atoms. The Morgan fingerprint density at radius 1 is 1.53 bits per heavy atom. The lowest BCUT2D eigenvalue weighted by Gasteiger charge is -2.36. The first kappa shape index (κ1) is 12.0. The molecule has 1 heterocycles. The van der Waals surface area contributed by atoms with Gasteiger partial charge in [-0.25, -0.2) is 0 Å². The van der Waals surface area contributed by atoms with Gasteiger partial charge in [0.25, 0.3) is 0 Å². The molecule has 1 unspecified atom stereocenters. The Balaban J connectivity index is 2.46. The molecule has 17 heavy (non-hydrogen) atoms. The van der Waals surface area contributed by atoms with E-state index in [0.717, 1.165) is 18.0 Å². The van der Waals surface area contributed by atoms with E-state index >= 15 is 0 Å². The zero-order valence-corrected chi connectivity index (χ0v) is 10.9. The summed E-state index contributed by atoms with van der Waals surface area (Å²) in [6.07, 6.45) is 6.05. The van der Waals surface area contributed by atoms with Crippen LogP contribution in [0.15, 0.2) is 29.3 Å². The van der Waals surface area contributed by atoms with Crippen molar-refractivity contribution in [2.24, 2.45) is 4.99 Å². The van der Waals surface area contributed by atoms with Crippen LogP contribution in [0.25, 0.3) is 0 Å². The van der Waals surface area contributed by atoms with E-state index < -0.39 is 0 Å². The molecule has 0 radical (unpaired) electrons. The third-order valence-corrected chi connectivity index (χ3v) is 3.71. The SMILES string of the molecule is CSC(=NC#N)N1c2ccccc2CCC1C. The number of nitrogens with zero attached hydrogens (tertiary/aromatic N) is 3. The van der Waals surface area contributed by atoms with Crippen LogP contribution in [0.3, 0.4) is 0 Å². The number of nitriles is 1. The highest BCUT2D eigenvalue weighted by atomic mass is 32.2. The van der Waals surface area contributed by atoms with E-state index in [2.05, 4.69) is 35.0 Å². The standard InChI is InChI=1S/C13H15N3S/c1-10-7-8-11-5-3-4-6-12(11)16(10)13(17-2)15-9-14/h3-6,10H,7-8H2,1-2H3. The number of hydrogen-bond donors (Lipinski definition) is 0. The van der Waals surface area contributed by atoms with Gasteiger partial charge in [-0.05, 0) is 37.7 Å². The predicted molar refractivity (Wildman–Crippen MR) is 73.3 cm³/mol. The number of anilines is 1. The van der Waals surface area contributed by atoms with Crippen molar-refractivity contribution in [1.82, 2.24) is 0 Å². The van der Waals surface area contributed by atoms with Crippen molar-refractivity contribution in [3.63, 3.8) is 0 Å². The lowest BCUT2D eigenvalue weighted by Crippen LogP contribution is -2.40. The van der Waals surface area contributed by atoms with E-state index in [-0.39, 0.29) is 0 Å². The van der Waals surface area contributed by atoms with Crippen LogP contribution < -0.4 is 4.90 Å². The summed E-state index contributed by atoms with van der Waals surface area (Å²) >= 11 is 1.52. The maximum Gasteiger partial charge on any atom is 0.208 e. The molecule has 88 valence electrons. The molecular weight excluding hydrogens is 230 g/mol. The molecule has 0 fully saturated rings. The van der Waals surface area contributed by atoms with Crippen LogP contribution >= 0.6 is 11.8 Å². The van der Waals surface area contributed by atoms with Crippen molar-refractivity contribution in [1.29, 1.82) is 5.26 Å². The highest BCUT2D eigenvalue weighted by Gasteiger charge is 2.26. The Bertz CT molecular complexity index is 476. The number of amidine groups is 1. The number of fused-ring (bicyclic) bond motifs is 1. The summed E-state index contributed by atoms with van der Waals surface area (Å²) in [5.41, 5.74) is 2.53. The van der Waals surface area contributed by atoms with Crippen LogP contribution in [0, 0.1) is 11.5 Å². The minimum Gasteiger partial charge on any atom is -0.317 e. The summed E-state index contributed by atoms with van der Waals surface area (Å²) in [5.74, 6) is 0. The van der Waals surface area contributed by atoms with E-state index in [1.54, 1.807) is 0 Å². The average molecular weight is 245 g/mol. The van der Waals surface area contributed by atoms with Gasteiger partial charge >= 0.3 is 0 Å². The summed E-state index contributed by atoms with van der Waals surface area (Å²) < 4.78 is 0. The molecule has 1 aliphatic rings. The van der Waals surface area contributed by atoms with Crippen LogP contribution in [-0.4, -0.2) is 17.5 Å². The fourth-order valence-electron chi connectivity index (χ4n) is 2.22. The molecular formula is C13H15N3S. The van der Waals surface area contributed by atoms with Crippen LogP contribution in [0.2, 0.25) is 0 Å². The number of hydrogen-bond acceptors (Lipinski definition) is 3. The summed E-state index contributed by atoms with van der Waals surface area (Å²) in [6, 6.07) is 8.75. The van der Waals surface area contributed by atoms with Crippen molar-refractivity contribution in [2.75, 3.05) is 11.2 Å². The molecule has 0 aromatic heterocycles. The number of thioether (sulfide) groups is 1. The highest BCUT2D eigenvalue weighted by Crippen LogP contribution is 2.32. The maximum atomic E-state index is 8.76. The highest BCUT2D eigenvalue weighted by molar-refractivity contribution is 8.13. The van der Waals surface area contributed by atoms with Gasteiger partial charge in [-0.2, -0.15) is 5.26 Å². The topological polar surface area (TPSA) is 39.4 Å². The molecule has 0 saturated heterocycles. The Kier molecular flexibility index (Phi) is 3.70. The smallest absolute Gasteiger partial charge is 0.208 e. The summed E-state index contributed by atoms with van der Waals surface area (Å²) in [4.78, 5) is 6.10. The first-order valence-corrected chi connectivity index (χ1v) is 6.88. The quantitative estimate of drug-likeness (QED) is 0.400. The monoisotopic (exact) mass is 245 g/mol. The van der Waals surface area contributed by atoms with Crippen molar-refractivity contribution in [2.45, 2.75) is 25.8 Å². The average Bonchev–Trinajstić information content (AvgIpc) is 2.37. The van der Waals surface area contributed by atoms with E-state index in [9.17, 15) is 0 Å². The maximum absolute atomic E-state index is 8.76. The van der Waals surface area contributed by atoms with Gasteiger partial charge in [0, 0.05) is 11.7 Å². The molecule has 1 aliphatic heterocycles. The van der Waals surface area contributed by atoms with Gasteiger partial charge in [0.05, 0.1) is 0 Å². The Morgan fingerprint density at radius 2 is 2.29 bits per heavy atom. The van der Waals surface area contributed by atoms with Crippen LogP contribution in [0.4, 0.5) is 5.69 Å². The van der Waals surface area contributed by atoms with Gasteiger partial charge in [0.15, 0.2) is 5.17 Å². The van der Waals surface area contributed by atoms with E-state index in [4.69, 9.17) is 5.26 Å². The zero-order chi connectivity index (χ0) is 12.3. The molecule has 1 aromatic rings. The van der Waals surface area contributed by atoms with Gasteiger partial charge in [-0.3, -0.25) is 0 Å². The van der Waals surface area contributed by atoms with Gasteiger partial charge < -0.3 is 4.90 Å². The number of aryl methyl sites for hydroxylation is 1. The number of benzene rings is 1. The Labute approximate surface area is 106 Å². The first-order chi connectivity index (χ1) is 8.27. The van der Waals surface area contributed by atoms with Crippen molar-refractivity contribution < 1.29 is 0 Å². The van der Waals surface area contributed by atoms with Crippen molar-refractivity contribution in [3.05, 3.63) is 29.8 Å². The minimum absolute atomic E-state index is 0.393. The lowest BCUT2D eigenvalue weighted by molar-refractivity contribution is 0.631. The van der Waals surface area contributed by atoms with Gasteiger partial charge in [-0.1, -0.05) is 30.0 Å². The predicted octanol–water partition coefficient (Wildman–Crippen LogP) is 3.03. The molecule has 3 nitrogen and oxygen atoms in total. The molecule has 0 bridgehead atoms. The van der Waals surface area contributed by atoms with Gasteiger partial charge in [-0.15, -0.1) is 4.99 Å². The minimum atomic E-state index is 0.393. The largest absolute Gasteiger partial charge is 0.317 e.